The summed E-state index contributed by atoms with van der Waals surface area (Å²) in [5, 5.41) is 0. The van der Waals surface area contributed by atoms with Gasteiger partial charge in [-0.25, -0.2) is 0 Å². The second-order valence-electron chi connectivity index (χ2n) is 2.68. The Labute approximate surface area is 87.4 Å². The predicted molar refractivity (Wildman–Crippen MR) is 62.2 cm³/mol. The summed E-state index contributed by atoms with van der Waals surface area (Å²) in [5.74, 6) is 0. The number of hydrogen-bond donors (Lipinski definition) is 0. The normalized spacial score (nSPS) is 6.55. The molecule has 76 valence electrons. The van der Waals surface area contributed by atoms with E-state index in [2.05, 4.69) is 40.0 Å². The molecule has 3 heteroatoms. The van der Waals surface area contributed by atoms with Crippen molar-refractivity contribution in [3.63, 3.8) is 0 Å². The monoisotopic (exact) mass is 240 g/mol. The van der Waals surface area contributed by atoms with Gasteiger partial charge in [0, 0.05) is 0 Å². The molecule has 0 rings (SSSR count). The first kappa shape index (κ1) is 29.4. The van der Waals surface area contributed by atoms with Crippen molar-refractivity contribution in [2.75, 3.05) is 40.0 Å². The molecule has 0 aliphatic carbocycles. The fourth-order valence-corrected chi connectivity index (χ4v) is 0. The summed E-state index contributed by atoms with van der Waals surface area (Å²) < 4.78 is 0. The van der Waals surface area contributed by atoms with Gasteiger partial charge in [-0.3, -0.25) is 0 Å². The van der Waals surface area contributed by atoms with Crippen LogP contribution in [0.5, 0.6) is 0 Å². The van der Waals surface area contributed by atoms with Crippen LogP contribution in [0.3, 0.4) is 0 Å². The van der Waals surface area contributed by atoms with Crippen LogP contribution in [0, 0.1) is 14.9 Å². The van der Waals surface area contributed by atoms with Crippen molar-refractivity contribution in [2.24, 2.45) is 0 Å². The quantitative estimate of drug-likeness (QED) is 0.345. The Hall–Kier alpha value is 1.35. The van der Waals surface area contributed by atoms with Crippen LogP contribution in [0.4, 0.5) is 0 Å². The standard InChI is InChI=1S/2C3H9P.2CH3.Ni/c2*1-4(2)3;;;/h2*1-3H3;2*1H3;/q;;2*-1;+2. The molecular formula is C8H24NiP2. The minimum atomic E-state index is 0. The van der Waals surface area contributed by atoms with Gasteiger partial charge in [0.2, 0.25) is 0 Å². The Kier molecular flexibility index (Phi) is 60.3. The summed E-state index contributed by atoms with van der Waals surface area (Å²) in [7, 11) is 0.759. The van der Waals surface area contributed by atoms with E-state index in [4.69, 9.17) is 0 Å². The van der Waals surface area contributed by atoms with Gasteiger partial charge in [-0.2, -0.15) is 0 Å². The molecule has 0 aromatic heterocycles. The van der Waals surface area contributed by atoms with E-state index in [1.807, 2.05) is 0 Å². The molecule has 0 saturated carbocycles. The van der Waals surface area contributed by atoms with Crippen LogP contribution in [0.2, 0.25) is 0 Å². The van der Waals surface area contributed by atoms with Gasteiger partial charge in [0.25, 0.3) is 0 Å². The molecule has 0 unspecified atom stereocenters. The fourth-order valence-electron chi connectivity index (χ4n) is 0. The molecule has 0 spiro atoms. The van der Waals surface area contributed by atoms with E-state index in [-0.39, 0.29) is 31.3 Å². The largest absolute Gasteiger partial charge is 2.00 e. The zero-order valence-corrected chi connectivity index (χ0v) is 12.0. The second kappa shape index (κ2) is 22.5. The Morgan fingerprint density at radius 2 is 0.545 bits per heavy atom. The van der Waals surface area contributed by atoms with Crippen LogP contribution in [0.1, 0.15) is 0 Å². The summed E-state index contributed by atoms with van der Waals surface area (Å²) in [5.41, 5.74) is 0. The first-order valence-electron chi connectivity index (χ1n) is 2.68. The Morgan fingerprint density at radius 3 is 0.545 bits per heavy atom. The van der Waals surface area contributed by atoms with Crippen molar-refractivity contribution < 1.29 is 16.5 Å². The maximum Gasteiger partial charge on any atom is 2.00 e. The molecular weight excluding hydrogens is 217 g/mol. The second-order valence-corrected chi connectivity index (χ2v) is 8.05. The minimum Gasteiger partial charge on any atom is -0.358 e. The fraction of sp³-hybridized carbons (Fsp3) is 0.750. The molecule has 0 aromatic rings. The van der Waals surface area contributed by atoms with Crippen molar-refractivity contribution >= 4 is 15.8 Å². The number of rotatable bonds is 0. The van der Waals surface area contributed by atoms with Crippen molar-refractivity contribution in [2.45, 2.75) is 0 Å². The summed E-state index contributed by atoms with van der Waals surface area (Å²) in [6, 6.07) is 0. The SMILES string of the molecule is CP(C)C.CP(C)C.[CH3-].[CH3-].[Ni+2]. The first-order valence-corrected chi connectivity index (χ1v) is 8.05. The van der Waals surface area contributed by atoms with E-state index < -0.39 is 0 Å². The van der Waals surface area contributed by atoms with Gasteiger partial charge in [0.1, 0.15) is 0 Å². The number of hydrogen-bond acceptors (Lipinski definition) is 0. The summed E-state index contributed by atoms with van der Waals surface area (Å²) in [6.07, 6.45) is 0. The van der Waals surface area contributed by atoms with E-state index in [0.29, 0.717) is 15.8 Å². The topological polar surface area (TPSA) is 0 Å². The molecule has 0 N–H and O–H groups in total. The van der Waals surface area contributed by atoms with E-state index in [1.54, 1.807) is 0 Å². The van der Waals surface area contributed by atoms with Crippen LogP contribution in [-0.4, -0.2) is 40.0 Å². The summed E-state index contributed by atoms with van der Waals surface area (Å²) >= 11 is 0. The molecule has 0 bridgehead atoms. The zero-order chi connectivity index (χ0) is 7.15. The predicted octanol–water partition coefficient (Wildman–Crippen LogP) is 3.61. The molecule has 11 heavy (non-hydrogen) atoms. The molecule has 0 fully saturated rings. The average Bonchev–Trinajstić information content (AvgIpc) is 1.25. The third-order valence-electron chi connectivity index (χ3n) is 0. The maximum absolute atomic E-state index is 2.23. The van der Waals surface area contributed by atoms with E-state index in [0.717, 1.165) is 0 Å². The van der Waals surface area contributed by atoms with E-state index in [9.17, 15) is 0 Å². The molecule has 0 atom stereocenters. The van der Waals surface area contributed by atoms with Crippen molar-refractivity contribution in [1.29, 1.82) is 0 Å². The van der Waals surface area contributed by atoms with Gasteiger partial charge in [-0.1, -0.05) is 0 Å². The van der Waals surface area contributed by atoms with Crippen molar-refractivity contribution in [3.8, 4) is 0 Å². The third kappa shape index (κ3) is 542. The van der Waals surface area contributed by atoms with Crippen LogP contribution in [0.25, 0.3) is 0 Å². The summed E-state index contributed by atoms with van der Waals surface area (Å²) in [6.45, 7) is 13.4. The van der Waals surface area contributed by atoms with Gasteiger partial charge in [-0.05, 0) is 40.0 Å². The minimum absolute atomic E-state index is 0. The molecule has 0 aliphatic heterocycles. The molecule has 0 heterocycles. The van der Waals surface area contributed by atoms with Gasteiger partial charge >= 0.3 is 16.5 Å². The smallest absolute Gasteiger partial charge is 0.358 e. The summed E-state index contributed by atoms with van der Waals surface area (Å²) in [4.78, 5) is 0. The van der Waals surface area contributed by atoms with Gasteiger partial charge < -0.3 is 14.9 Å². The molecule has 0 saturated heterocycles. The van der Waals surface area contributed by atoms with Crippen molar-refractivity contribution in [1.82, 2.24) is 0 Å². The van der Waals surface area contributed by atoms with E-state index >= 15 is 0 Å². The third-order valence-corrected chi connectivity index (χ3v) is 0. The molecule has 0 amide bonds. The molecule has 0 nitrogen and oxygen atoms in total. The Morgan fingerprint density at radius 1 is 0.545 bits per heavy atom. The zero-order valence-electron chi connectivity index (χ0n) is 9.21. The van der Waals surface area contributed by atoms with Crippen LogP contribution >= 0.6 is 15.8 Å². The van der Waals surface area contributed by atoms with Crippen LogP contribution < -0.4 is 0 Å². The Bertz CT molecular complexity index is 27.6. The molecule has 0 aromatic carbocycles. The van der Waals surface area contributed by atoms with Gasteiger partial charge in [-0.15, -0.1) is 15.8 Å². The Balaban J connectivity index is -0.0000000171. The van der Waals surface area contributed by atoms with Crippen molar-refractivity contribution in [3.05, 3.63) is 14.9 Å². The van der Waals surface area contributed by atoms with Crippen LogP contribution in [0.15, 0.2) is 0 Å². The van der Waals surface area contributed by atoms with Crippen LogP contribution in [-0.2, 0) is 16.5 Å². The maximum atomic E-state index is 2.23. The van der Waals surface area contributed by atoms with E-state index in [1.165, 1.54) is 0 Å². The average molecular weight is 241 g/mol. The molecule has 0 aliphatic rings. The molecule has 0 radical (unpaired) electrons. The van der Waals surface area contributed by atoms with Gasteiger partial charge in [0.05, 0.1) is 0 Å². The van der Waals surface area contributed by atoms with Gasteiger partial charge in [0.15, 0.2) is 0 Å². The first-order chi connectivity index (χ1) is 3.46.